The van der Waals surface area contributed by atoms with Crippen molar-refractivity contribution in [3.63, 3.8) is 0 Å². The molecule has 2 aromatic rings. The molecule has 0 saturated heterocycles. The summed E-state index contributed by atoms with van der Waals surface area (Å²) in [7, 11) is 0. The maximum absolute atomic E-state index is 9.90. The molecule has 2 aromatic carbocycles. The van der Waals surface area contributed by atoms with Crippen molar-refractivity contribution in [2.75, 3.05) is 23.7 Å². The third-order valence-electron chi connectivity index (χ3n) is 5.15. The number of unbranched alkanes of at least 4 members (excludes halogenated alkanes) is 3. The summed E-state index contributed by atoms with van der Waals surface area (Å²) in [6, 6.07) is 14.1. The lowest BCUT2D eigenvalue weighted by Crippen LogP contribution is -2.40. The summed E-state index contributed by atoms with van der Waals surface area (Å²) in [5, 5.41) is 33.6. The van der Waals surface area contributed by atoms with Gasteiger partial charge in [-0.2, -0.15) is 9.98 Å². The lowest BCUT2D eigenvalue weighted by atomic mass is 10.2. The fraction of sp³-hybridized carbons (Fsp3) is 0.360. The molecule has 236 valence electrons. The number of aliphatic hydroxyl groups is 2. The van der Waals surface area contributed by atoms with Crippen LogP contribution in [0.25, 0.3) is 0 Å². The Bertz CT molecular complexity index is 1190. The SMILES string of the molecule is CC(Br)(C(O)O)[N+](=O)[O-].NC(=NCCCCCCN=C(N)N=C(N)Nc1ccc(Cl)cc1)N=C(N)Nc1ccc(Cl)cc1. The highest BCUT2D eigenvalue weighted by Crippen LogP contribution is 2.20. The topological polar surface area (TPSA) is 261 Å². The van der Waals surface area contributed by atoms with E-state index in [1.807, 2.05) is 0 Å². The van der Waals surface area contributed by atoms with Gasteiger partial charge in [-0.25, -0.2) is 0 Å². The minimum Gasteiger partial charge on any atom is -0.369 e. The van der Waals surface area contributed by atoms with E-state index in [-0.39, 0.29) is 23.8 Å². The van der Waals surface area contributed by atoms with E-state index in [1.54, 1.807) is 48.5 Å². The second-order valence-corrected chi connectivity index (χ2v) is 11.3. The summed E-state index contributed by atoms with van der Waals surface area (Å²) in [6.45, 7) is 2.18. The minimum atomic E-state index is -1.99. The molecule has 0 radical (unpaired) electrons. The monoisotopic (exact) mass is 703 g/mol. The summed E-state index contributed by atoms with van der Waals surface area (Å²) in [5.41, 5.74) is 24.8. The number of nitrogens with one attached hydrogen (secondary N) is 2. The summed E-state index contributed by atoms with van der Waals surface area (Å²) in [6.07, 6.45) is 1.69. The van der Waals surface area contributed by atoms with E-state index in [0.29, 0.717) is 23.1 Å². The Hall–Kier alpha value is -3.70. The molecule has 1 unspecified atom stereocenters. The number of nitrogens with two attached hydrogens (primary N) is 4. The number of aliphatic hydroxyl groups excluding tert-OH is 1. The minimum absolute atomic E-state index is 0.124. The first-order valence-electron chi connectivity index (χ1n) is 12.7. The van der Waals surface area contributed by atoms with Crippen molar-refractivity contribution in [2.45, 2.75) is 43.3 Å². The first-order chi connectivity index (χ1) is 20.2. The second kappa shape index (κ2) is 19.5. The highest BCUT2D eigenvalue weighted by atomic mass is 79.9. The van der Waals surface area contributed by atoms with Gasteiger partial charge in [-0.05, 0) is 61.4 Å². The van der Waals surface area contributed by atoms with Crippen LogP contribution in [0.3, 0.4) is 0 Å². The van der Waals surface area contributed by atoms with Crippen molar-refractivity contribution in [3.05, 3.63) is 68.7 Å². The largest absolute Gasteiger partial charge is 0.369 e. The van der Waals surface area contributed by atoms with E-state index in [0.717, 1.165) is 44.0 Å². The van der Waals surface area contributed by atoms with Gasteiger partial charge in [-0.15, -0.1) is 0 Å². The fourth-order valence-corrected chi connectivity index (χ4v) is 3.05. The highest BCUT2D eigenvalue weighted by Gasteiger charge is 2.41. The zero-order chi connectivity index (χ0) is 32.4. The van der Waals surface area contributed by atoms with E-state index in [2.05, 4.69) is 46.5 Å². The molecule has 15 nitrogen and oxygen atoms in total. The third-order valence-corrected chi connectivity index (χ3v) is 6.35. The maximum Gasteiger partial charge on any atom is 0.321 e. The predicted molar refractivity (Wildman–Crippen MR) is 177 cm³/mol. The van der Waals surface area contributed by atoms with Crippen LogP contribution >= 0.6 is 39.1 Å². The number of anilines is 2. The number of nitro groups is 1. The fourth-order valence-electron chi connectivity index (χ4n) is 2.79. The Morgan fingerprint density at radius 1 is 0.837 bits per heavy atom. The Balaban J connectivity index is 0.000000887. The van der Waals surface area contributed by atoms with Crippen LogP contribution in [-0.2, 0) is 0 Å². The van der Waals surface area contributed by atoms with E-state index in [4.69, 9.17) is 56.3 Å². The van der Waals surface area contributed by atoms with Gasteiger partial charge in [-0.1, -0.05) is 36.0 Å². The van der Waals surface area contributed by atoms with Gasteiger partial charge in [-0.3, -0.25) is 20.1 Å². The summed E-state index contributed by atoms with van der Waals surface area (Å²) < 4.78 is -1.85. The Morgan fingerprint density at radius 2 is 1.19 bits per heavy atom. The number of benzene rings is 2. The molecule has 0 spiro atoms. The Kier molecular flexibility index (Phi) is 16.9. The number of rotatable bonds is 11. The van der Waals surface area contributed by atoms with Gasteiger partial charge in [0.1, 0.15) is 0 Å². The molecule has 0 aliphatic carbocycles. The van der Waals surface area contributed by atoms with Crippen molar-refractivity contribution in [1.82, 2.24) is 0 Å². The molecule has 0 amide bonds. The molecule has 0 saturated carbocycles. The van der Waals surface area contributed by atoms with Crippen molar-refractivity contribution in [2.24, 2.45) is 42.9 Å². The lowest BCUT2D eigenvalue weighted by Gasteiger charge is -2.14. The van der Waals surface area contributed by atoms with Gasteiger partial charge >= 0.3 is 4.45 Å². The number of alkyl halides is 1. The molecular weight excluding hydrogens is 669 g/mol. The van der Waals surface area contributed by atoms with E-state index < -0.39 is 15.7 Å². The normalized spacial score (nSPS) is 14.0. The molecule has 43 heavy (non-hydrogen) atoms. The van der Waals surface area contributed by atoms with Gasteiger partial charge in [0, 0.05) is 62.3 Å². The van der Waals surface area contributed by atoms with Gasteiger partial charge in [0.25, 0.3) is 0 Å². The zero-order valence-electron chi connectivity index (χ0n) is 23.3. The zero-order valence-corrected chi connectivity index (χ0v) is 26.4. The third kappa shape index (κ3) is 16.5. The molecule has 18 heteroatoms. The van der Waals surface area contributed by atoms with Crippen LogP contribution in [0, 0.1) is 10.1 Å². The van der Waals surface area contributed by atoms with Gasteiger partial charge in [0.05, 0.1) is 0 Å². The number of hydrogen-bond acceptors (Lipinski definition) is 6. The van der Waals surface area contributed by atoms with Crippen molar-refractivity contribution in [1.29, 1.82) is 0 Å². The van der Waals surface area contributed by atoms with Crippen LogP contribution in [0.1, 0.15) is 32.6 Å². The Morgan fingerprint density at radius 3 is 1.47 bits per heavy atom. The standard InChI is InChI=1S/C22H30Cl2N10.C3H6BrNO4/c23-15-5-9-17(10-6-15)31-21(27)33-19(25)29-13-3-1-2-4-14-30-20(26)34-22(28)32-18-11-7-16(24)8-12-18;1-3(4,2(6)7)5(8)9/h5-12H,1-4,13-14H2,(H5,25,27,29,31,33)(H5,26,28,30,32,34);2,6-7H,1H3. The van der Waals surface area contributed by atoms with Crippen LogP contribution in [0.4, 0.5) is 11.4 Å². The summed E-state index contributed by atoms with van der Waals surface area (Å²) in [5.74, 6) is 0.564. The second-order valence-electron chi connectivity index (χ2n) is 8.81. The molecule has 0 fully saturated rings. The van der Waals surface area contributed by atoms with E-state index in [1.165, 1.54) is 0 Å². The molecule has 0 aliphatic heterocycles. The van der Waals surface area contributed by atoms with E-state index in [9.17, 15) is 10.1 Å². The van der Waals surface area contributed by atoms with Crippen LogP contribution in [0.15, 0.2) is 68.5 Å². The number of aliphatic imine (C=N–C) groups is 4. The van der Waals surface area contributed by atoms with Crippen LogP contribution in [-0.4, -0.2) is 62.8 Å². The van der Waals surface area contributed by atoms with Gasteiger partial charge in [0.15, 0.2) is 0 Å². The summed E-state index contributed by atoms with van der Waals surface area (Å²) >= 11 is 14.2. The van der Waals surface area contributed by atoms with Crippen molar-refractivity contribution >= 4 is 74.3 Å². The quantitative estimate of drug-likeness (QED) is 0.0248. The molecular formula is C25H36BrCl2N11O4. The summed E-state index contributed by atoms with van der Waals surface area (Å²) in [4.78, 5) is 25.6. The van der Waals surface area contributed by atoms with Crippen molar-refractivity contribution < 1.29 is 15.1 Å². The molecule has 0 aromatic heterocycles. The van der Waals surface area contributed by atoms with Gasteiger partial charge in [0.2, 0.25) is 30.1 Å². The molecule has 12 N–H and O–H groups in total. The maximum atomic E-state index is 9.90. The first-order valence-corrected chi connectivity index (χ1v) is 14.3. The number of hydrogen-bond donors (Lipinski definition) is 8. The highest BCUT2D eigenvalue weighted by molar-refractivity contribution is 9.10. The van der Waals surface area contributed by atoms with E-state index >= 15 is 0 Å². The average Bonchev–Trinajstić information content (AvgIpc) is 2.92. The first kappa shape index (κ1) is 37.3. The van der Waals surface area contributed by atoms with Crippen LogP contribution in [0.5, 0.6) is 0 Å². The number of halogens is 3. The number of guanidine groups is 4. The Labute approximate surface area is 267 Å². The van der Waals surface area contributed by atoms with Crippen LogP contribution < -0.4 is 33.6 Å². The average molecular weight is 705 g/mol. The van der Waals surface area contributed by atoms with Crippen molar-refractivity contribution in [3.8, 4) is 0 Å². The predicted octanol–water partition coefficient (Wildman–Crippen LogP) is 3.02. The molecule has 2 rings (SSSR count). The molecule has 1 atom stereocenters. The van der Waals surface area contributed by atoms with Crippen LogP contribution in [0.2, 0.25) is 10.0 Å². The molecule has 0 aliphatic rings. The lowest BCUT2D eigenvalue weighted by molar-refractivity contribution is -0.555. The molecule has 0 heterocycles. The smallest absolute Gasteiger partial charge is 0.321 e. The number of nitrogens with zero attached hydrogens (tertiary/aromatic N) is 5. The molecule has 0 bridgehead atoms. The van der Waals surface area contributed by atoms with Gasteiger partial charge < -0.3 is 43.8 Å².